The summed E-state index contributed by atoms with van der Waals surface area (Å²) < 4.78 is 1.98. The third-order valence-electron chi connectivity index (χ3n) is 1.13. The van der Waals surface area contributed by atoms with E-state index in [4.69, 9.17) is 11.6 Å². The van der Waals surface area contributed by atoms with Crippen LogP contribution in [0.25, 0.3) is 0 Å². The van der Waals surface area contributed by atoms with Gasteiger partial charge in [0.1, 0.15) is 0 Å². The van der Waals surface area contributed by atoms with Crippen LogP contribution in [0.4, 0.5) is 0 Å². The van der Waals surface area contributed by atoms with E-state index in [9.17, 15) is 0 Å². The number of hydrogen-bond donors (Lipinski definition) is 0. The van der Waals surface area contributed by atoms with Crippen LogP contribution in [0.5, 0.6) is 0 Å². The Morgan fingerprint density at radius 3 is 3.00 bits per heavy atom. The molecule has 1 rings (SSSR count). The Kier molecular flexibility index (Phi) is 3.03. The molecule has 54 valence electrons. The van der Waals surface area contributed by atoms with Gasteiger partial charge in [-0.05, 0) is 0 Å². The average molecular weight is 157 g/mol. The zero-order chi connectivity index (χ0) is 7.23. The van der Waals surface area contributed by atoms with Crippen LogP contribution in [0.1, 0.15) is 0 Å². The van der Waals surface area contributed by atoms with Gasteiger partial charge >= 0.3 is 0 Å². The van der Waals surface area contributed by atoms with Crippen molar-refractivity contribution in [2.75, 3.05) is 5.88 Å². The molecule has 0 unspecified atom stereocenters. The van der Waals surface area contributed by atoms with Crippen molar-refractivity contribution in [3.63, 3.8) is 0 Å². The van der Waals surface area contributed by atoms with Crippen molar-refractivity contribution in [3.05, 3.63) is 30.9 Å². The van der Waals surface area contributed by atoms with E-state index in [0.29, 0.717) is 5.88 Å². The molecule has 0 bridgehead atoms. The lowest BCUT2D eigenvalue weighted by molar-refractivity contribution is 0.819. The molecular weight excluding hydrogens is 148 g/mol. The molecule has 0 N–H and O–H groups in total. The van der Waals surface area contributed by atoms with Crippen molar-refractivity contribution in [3.8, 4) is 0 Å². The molecule has 0 aliphatic rings. The SMILES string of the molecule is ClC/C=C/Cn1ccnc1. The zero-order valence-electron chi connectivity index (χ0n) is 5.57. The van der Waals surface area contributed by atoms with Crippen molar-refractivity contribution >= 4 is 11.6 Å². The van der Waals surface area contributed by atoms with Crippen molar-refractivity contribution in [2.24, 2.45) is 0 Å². The first-order valence-electron chi connectivity index (χ1n) is 3.10. The molecule has 10 heavy (non-hydrogen) atoms. The summed E-state index contributed by atoms with van der Waals surface area (Å²) in [5.74, 6) is 0.578. The fraction of sp³-hybridized carbons (Fsp3) is 0.286. The zero-order valence-corrected chi connectivity index (χ0v) is 6.33. The molecule has 0 spiro atoms. The predicted molar refractivity (Wildman–Crippen MR) is 42.1 cm³/mol. The monoisotopic (exact) mass is 156 g/mol. The number of rotatable bonds is 3. The molecule has 1 heterocycles. The van der Waals surface area contributed by atoms with E-state index in [0.717, 1.165) is 6.54 Å². The molecule has 0 aliphatic carbocycles. The first-order valence-corrected chi connectivity index (χ1v) is 3.63. The molecule has 0 radical (unpaired) electrons. The minimum atomic E-state index is 0.578. The van der Waals surface area contributed by atoms with Crippen molar-refractivity contribution in [1.82, 2.24) is 9.55 Å². The second-order valence-electron chi connectivity index (χ2n) is 1.89. The predicted octanol–water partition coefficient (Wildman–Crippen LogP) is 1.68. The lowest BCUT2D eigenvalue weighted by Crippen LogP contribution is -1.89. The molecule has 0 aliphatic heterocycles. The Labute approximate surface area is 65.1 Å². The first-order chi connectivity index (χ1) is 4.93. The van der Waals surface area contributed by atoms with Crippen LogP contribution < -0.4 is 0 Å². The number of nitrogens with zero attached hydrogens (tertiary/aromatic N) is 2. The molecule has 0 fully saturated rings. The number of alkyl halides is 1. The number of aromatic nitrogens is 2. The molecule has 0 aromatic carbocycles. The van der Waals surface area contributed by atoms with Crippen LogP contribution in [-0.4, -0.2) is 15.4 Å². The minimum absolute atomic E-state index is 0.578. The van der Waals surface area contributed by atoms with E-state index >= 15 is 0 Å². The summed E-state index contributed by atoms with van der Waals surface area (Å²) in [6, 6.07) is 0. The third kappa shape index (κ3) is 2.23. The van der Waals surface area contributed by atoms with E-state index in [2.05, 4.69) is 4.98 Å². The first kappa shape index (κ1) is 7.35. The quantitative estimate of drug-likeness (QED) is 0.481. The van der Waals surface area contributed by atoms with E-state index in [-0.39, 0.29) is 0 Å². The summed E-state index contributed by atoms with van der Waals surface area (Å²) in [6.45, 7) is 0.854. The van der Waals surface area contributed by atoms with E-state index in [1.54, 1.807) is 12.5 Å². The lowest BCUT2D eigenvalue weighted by Gasteiger charge is -1.91. The highest BCUT2D eigenvalue weighted by atomic mass is 35.5. The summed E-state index contributed by atoms with van der Waals surface area (Å²) in [6.07, 6.45) is 9.38. The topological polar surface area (TPSA) is 17.8 Å². The second kappa shape index (κ2) is 4.12. The average Bonchev–Trinajstić information content (AvgIpc) is 2.41. The number of hydrogen-bond acceptors (Lipinski definition) is 1. The largest absolute Gasteiger partial charge is 0.334 e. The maximum atomic E-state index is 5.43. The van der Waals surface area contributed by atoms with Gasteiger partial charge in [-0.2, -0.15) is 0 Å². The molecule has 3 heteroatoms. The molecule has 0 saturated heterocycles. The lowest BCUT2D eigenvalue weighted by atomic mass is 10.5. The Balaban J connectivity index is 2.34. The van der Waals surface area contributed by atoms with E-state index in [1.165, 1.54) is 0 Å². The highest BCUT2D eigenvalue weighted by Crippen LogP contribution is 1.87. The Bertz CT molecular complexity index is 191. The van der Waals surface area contributed by atoms with E-state index < -0.39 is 0 Å². The minimum Gasteiger partial charge on any atom is -0.334 e. The van der Waals surface area contributed by atoms with E-state index in [1.807, 2.05) is 22.9 Å². The third-order valence-corrected chi connectivity index (χ3v) is 1.31. The normalized spacial score (nSPS) is 10.9. The Hall–Kier alpha value is -0.760. The van der Waals surface area contributed by atoms with Crippen LogP contribution in [0.3, 0.4) is 0 Å². The van der Waals surface area contributed by atoms with Crippen LogP contribution >= 0.6 is 11.6 Å². The molecule has 1 aromatic rings. The van der Waals surface area contributed by atoms with Gasteiger partial charge in [-0.3, -0.25) is 0 Å². The standard InChI is InChI=1S/C7H9ClN2/c8-3-1-2-5-10-6-4-9-7-10/h1-2,4,6-7H,3,5H2/b2-1+. The fourth-order valence-electron chi connectivity index (χ4n) is 0.654. The molecule has 2 nitrogen and oxygen atoms in total. The number of allylic oxidation sites excluding steroid dienone is 2. The van der Waals surface area contributed by atoms with Gasteiger partial charge < -0.3 is 4.57 Å². The summed E-state index contributed by atoms with van der Waals surface area (Å²) in [5, 5.41) is 0. The van der Waals surface area contributed by atoms with Gasteiger partial charge in [-0.1, -0.05) is 12.2 Å². The molecule has 0 amide bonds. The van der Waals surface area contributed by atoms with Crippen molar-refractivity contribution < 1.29 is 0 Å². The van der Waals surface area contributed by atoms with Crippen molar-refractivity contribution in [2.45, 2.75) is 6.54 Å². The van der Waals surface area contributed by atoms with Gasteiger partial charge in [0.05, 0.1) is 6.33 Å². The highest BCUT2D eigenvalue weighted by molar-refractivity contribution is 6.18. The summed E-state index contributed by atoms with van der Waals surface area (Å²) >= 11 is 5.43. The Morgan fingerprint density at radius 1 is 1.50 bits per heavy atom. The number of halogens is 1. The molecule has 0 atom stereocenters. The van der Waals surface area contributed by atoms with Crippen molar-refractivity contribution in [1.29, 1.82) is 0 Å². The highest BCUT2D eigenvalue weighted by Gasteiger charge is 1.81. The summed E-state index contributed by atoms with van der Waals surface area (Å²) in [7, 11) is 0. The summed E-state index contributed by atoms with van der Waals surface area (Å²) in [4.78, 5) is 3.90. The number of imidazole rings is 1. The maximum absolute atomic E-state index is 5.43. The smallest absolute Gasteiger partial charge is 0.0948 e. The van der Waals surface area contributed by atoms with Crippen LogP contribution in [0, 0.1) is 0 Å². The Morgan fingerprint density at radius 2 is 2.40 bits per heavy atom. The molecular formula is C7H9ClN2. The molecule has 1 aromatic heterocycles. The van der Waals surface area contributed by atoms with Gasteiger partial charge in [-0.25, -0.2) is 4.98 Å². The second-order valence-corrected chi connectivity index (χ2v) is 2.19. The van der Waals surface area contributed by atoms with Crippen LogP contribution in [0.15, 0.2) is 30.9 Å². The van der Waals surface area contributed by atoms with Gasteiger partial charge in [0, 0.05) is 24.8 Å². The van der Waals surface area contributed by atoms with Crippen LogP contribution in [0.2, 0.25) is 0 Å². The fourth-order valence-corrected chi connectivity index (χ4v) is 0.780. The van der Waals surface area contributed by atoms with Gasteiger partial charge in [0.25, 0.3) is 0 Å². The summed E-state index contributed by atoms with van der Waals surface area (Å²) in [5.41, 5.74) is 0. The van der Waals surface area contributed by atoms with Crippen LogP contribution in [-0.2, 0) is 6.54 Å². The van der Waals surface area contributed by atoms with Gasteiger partial charge in [-0.15, -0.1) is 11.6 Å². The maximum Gasteiger partial charge on any atom is 0.0948 e. The molecule has 0 saturated carbocycles. The van der Waals surface area contributed by atoms with Gasteiger partial charge in [0.2, 0.25) is 0 Å². The van der Waals surface area contributed by atoms with Gasteiger partial charge in [0.15, 0.2) is 0 Å².